The number of hydrogen-bond acceptors (Lipinski definition) is 6. The molecule has 7 nitrogen and oxygen atoms in total. The molecule has 144 valence electrons. The second-order valence-corrected chi connectivity index (χ2v) is 7.17. The normalized spacial score (nSPS) is 14.1. The third kappa shape index (κ3) is 4.90. The molecule has 0 bridgehead atoms. The van der Waals surface area contributed by atoms with Crippen LogP contribution >= 0.6 is 11.8 Å². The van der Waals surface area contributed by atoms with E-state index in [2.05, 4.69) is 27.9 Å². The molecule has 0 spiro atoms. The third-order valence-corrected chi connectivity index (χ3v) is 4.94. The molecule has 1 aliphatic heterocycles. The largest absolute Gasteiger partial charge is 0.378 e. The molecule has 0 unspecified atom stereocenters. The fraction of sp³-hybridized carbons (Fsp3) is 0.421. The molecule has 2 aromatic rings. The minimum Gasteiger partial charge on any atom is -0.378 e. The molecule has 1 fully saturated rings. The summed E-state index contributed by atoms with van der Waals surface area (Å²) >= 11 is 1.74. The molecule has 1 aromatic heterocycles. The molecule has 1 aromatic carbocycles. The molecule has 1 saturated heterocycles. The van der Waals surface area contributed by atoms with Crippen molar-refractivity contribution in [2.75, 3.05) is 49.8 Å². The Kier molecular flexibility index (Phi) is 6.52. The number of anilines is 2. The van der Waals surface area contributed by atoms with Crippen molar-refractivity contribution in [2.45, 2.75) is 12.7 Å². The van der Waals surface area contributed by atoms with E-state index in [1.807, 2.05) is 25.1 Å². The van der Waals surface area contributed by atoms with Crippen molar-refractivity contribution < 1.29 is 9.53 Å². The van der Waals surface area contributed by atoms with Crippen LogP contribution in [0.4, 0.5) is 16.3 Å². The van der Waals surface area contributed by atoms with Gasteiger partial charge in [-0.1, -0.05) is 0 Å². The lowest BCUT2D eigenvalue weighted by atomic mass is 10.1. The van der Waals surface area contributed by atoms with E-state index >= 15 is 0 Å². The van der Waals surface area contributed by atoms with Crippen LogP contribution in [-0.4, -0.2) is 55.6 Å². The summed E-state index contributed by atoms with van der Waals surface area (Å²) in [5.41, 5.74) is 3.68. The second kappa shape index (κ2) is 9.05. The number of benzene rings is 1. The Labute approximate surface area is 163 Å². The highest BCUT2D eigenvalue weighted by Gasteiger charge is 2.16. The zero-order chi connectivity index (χ0) is 19.2. The first-order chi connectivity index (χ1) is 13.1. The molecule has 1 aliphatic rings. The number of morpholine rings is 1. The number of hydrogen-bond donors (Lipinski definition) is 2. The van der Waals surface area contributed by atoms with Gasteiger partial charge >= 0.3 is 6.03 Å². The molecule has 0 atom stereocenters. The van der Waals surface area contributed by atoms with Crippen LogP contribution in [0.3, 0.4) is 0 Å². The van der Waals surface area contributed by atoms with Gasteiger partial charge in [0.15, 0.2) is 5.82 Å². The van der Waals surface area contributed by atoms with Gasteiger partial charge in [0, 0.05) is 43.2 Å². The van der Waals surface area contributed by atoms with Crippen LogP contribution in [0.5, 0.6) is 0 Å². The maximum absolute atomic E-state index is 11.6. The molecule has 0 saturated carbocycles. The lowest BCUT2D eigenvalue weighted by Gasteiger charge is -2.28. The summed E-state index contributed by atoms with van der Waals surface area (Å²) in [5, 5.41) is 5.38. The highest BCUT2D eigenvalue weighted by Crippen LogP contribution is 2.26. The van der Waals surface area contributed by atoms with Gasteiger partial charge in [-0.25, -0.2) is 14.8 Å². The van der Waals surface area contributed by atoms with Crippen LogP contribution in [-0.2, 0) is 10.5 Å². The minimum absolute atomic E-state index is 0.237. The van der Waals surface area contributed by atoms with Crippen LogP contribution in [0.25, 0.3) is 11.4 Å². The Morgan fingerprint density at radius 1 is 1.26 bits per heavy atom. The molecule has 2 amide bonds. The minimum atomic E-state index is -0.237. The molecule has 2 N–H and O–H groups in total. The fourth-order valence-corrected chi connectivity index (χ4v) is 3.36. The number of carbonyl (C=O) groups is 1. The standard InChI is InChI=1S/C19H25N5O2S/c1-13-10-14(4-5-16(13)22-19(25)20-2)18-21-15(12-27-3)11-17(23-18)24-6-8-26-9-7-24/h4-5,10-11H,6-9,12H2,1-3H3,(H2,20,22,25). The van der Waals surface area contributed by atoms with E-state index in [0.717, 1.165) is 60.4 Å². The van der Waals surface area contributed by atoms with E-state index in [0.29, 0.717) is 5.82 Å². The summed E-state index contributed by atoms with van der Waals surface area (Å²) in [6.07, 6.45) is 2.07. The number of urea groups is 1. The molecule has 3 rings (SSSR count). The molecule has 8 heteroatoms. The van der Waals surface area contributed by atoms with Crippen molar-refractivity contribution in [3.63, 3.8) is 0 Å². The van der Waals surface area contributed by atoms with Crippen LogP contribution in [0, 0.1) is 6.92 Å². The van der Waals surface area contributed by atoms with Crippen molar-refractivity contribution in [3.05, 3.63) is 35.5 Å². The van der Waals surface area contributed by atoms with Crippen LogP contribution in [0.1, 0.15) is 11.3 Å². The van der Waals surface area contributed by atoms with E-state index in [4.69, 9.17) is 14.7 Å². The highest BCUT2D eigenvalue weighted by molar-refractivity contribution is 7.97. The first-order valence-electron chi connectivity index (χ1n) is 8.90. The molecule has 2 heterocycles. The van der Waals surface area contributed by atoms with Crippen molar-refractivity contribution >= 4 is 29.3 Å². The number of aryl methyl sites for hydroxylation is 1. The number of aromatic nitrogens is 2. The van der Waals surface area contributed by atoms with Gasteiger partial charge in [0.25, 0.3) is 0 Å². The summed E-state index contributed by atoms with van der Waals surface area (Å²) < 4.78 is 5.45. The lowest BCUT2D eigenvalue weighted by molar-refractivity contribution is 0.122. The number of amides is 2. The molecule has 27 heavy (non-hydrogen) atoms. The Hall–Kier alpha value is -2.32. The maximum atomic E-state index is 11.6. The number of nitrogens with zero attached hydrogens (tertiary/aromatic N) is 3. The van der Waals surface area contributed by atoms with Gasteiger partial charge in [0.05, 0.1) is 18.9 Å². The number of nitrogens with one attached hydrogen (secondary N) is 2. The summed E-state index contributed by atoms with van der Waals surface area (Å²) in [4.78, 5) is 23.4. The van der Waals surface area contributed by atoms with Crippen molar-refractivity contribution in [3.8, 4) is 11.4 Å². The first-order valence-corrected chi connectivity index (χ1v) is 10.3. The monoisotopic (exact) mass is 387 g/mol. The van der Waals surface area contributed by atoms with E-state index in [1.165, 1.54) is 0 Å². The topological polar surface area (TPSA) is 79.4 Å². The zero-order valence-electron chi connectivity index (χ0n) is 15.9. The SMILES string of the molecule is CNC(=O)Nc1ccc(-c2nc(CSC)cc(N3CCOCC3)n2)cc1C. The molecular weight excluding hydrogens is 362 g/mol. The van der Waals surface area contributed by atoms with Crippen LogP contribution in [0.15, 0.2) is 24.3 Å². The van der Waals surface area contributed by atoms with Crippen LogP contribution < -0.4 is 15.5 Å². The van der Waals surface area contributed by atoms with Gasteiger partial charge in [-0.05, 0) is 36.9 Å². The lowest BCUT2D eigenvalue weighted by Crippen LogP contribution is -2.37. The van der Waals surface area contributed by atoms with Gasteiger partial charge in [-0.15, -0.1) is 0 Å². The summed E-state index contributed by atoms with van der Waals surface area (Å²) in [6.45, 7) is 5.07. The first kappa shape index (κ1) is 19.4. The van der Waals surface area contributed by atoms with Gasteiger partial charge in [-0.2, -0.15) is 11.8 Å². The summed E-state index contributed by atoms with van der Waals surface area (Å²) in [6, 6.07) is 7.67. The average Bonchev–Trinajstić information content (AvgIpc) is 2.70. The Balaban J connectivity index is 1.93. The van der Waals surface area contributed by atoms with Crippen molar-refractivity contribution in [2.24, 2.45) is 0 Å². The van der Waals surface area contributed by atoms with E-state index < -0.39 is 0 Å². The predicted octanol–water partition coefficient (Wildman–Crippen LogP) is 2.90. The summed E-state index contributed by atoms with van der Waals surface area (Å²) in [7, 11) is 1.59. The highest BCUT2D eigenvalue weighted by atomic mass is 32.2. The van der Waals surface area contributed by atoms with E-state index in [-0.39, 0.29) is 6.03 Å². The molecule has 0 aliphatic carbocycles. The number of carbonyl (C=O) groups excluding carboxylic acids is 1. The van der Waals surface area contributed by atoms with Crippen molar-refractivity contribution in [1.82, 2.24) is 15.3 Å². The third-order valence-electron chi connectivity index (χ3n) is 4.35. The zero-order valence-corrected chi connectivity index (χ0v) is 16.7. The van der Waals surface area contributed by atoms with E-state index in [9.17, 15) is 4.79 Å². The van der Waals surface area contributed by atoms with E-state index in [1.54, 1.807) is 18.8 Å². The van der Waals surface area contributed by atoms with Crippen LogP contribution in [0.2, 0.25) is 0 Å². The average molecular weight is 388 g/mol. The Bertz CT molecular complexity index is 809. The number of thioether (sulfide) groups is 1. The Morgan fingerprint density at radius 2 is 2.04 bits per heavy atom. The number of ether oxygens (including phenoxy) is 1. The Morgan fingerprint density at radius 3 is 2.70 bits per heavy atom. The fourth-order valence-electron chi connectivity index (χ4n) is 2.92. The van der Waals surface area contributed by atoms with Gasteiger partial charge in [0.1, 0.15) is 5.82 Å². The maximum Gasteiger partial charge on any atom is 0.318 e. The smallest absolute Gasteiger partial charge is 0.318 e. The van der Waals surface area contributed by atoms with Gasteiger partial charge < -0.3 is 20.3 Å². The second-order valence-electron chi connectivity index (χ2n) is 6.31. The molecular formula is C19H25N5O2S. The van der Waals surface area contributed by atoms with Gasteiger partial charge in [-0.3, -0.25) is 0 Å². The number of rotatable bonds is 5. The quantitative estimate of drug-likeness (QED) is 0.821. The van der Waals surface area contributed by atoms with Gasteiger partial charge in [0.2, 0.25) is 0 Å². The summed E-state index contributed by atoms with van der Waals surface area (Å²) in [5.74, 6) is 2.48. The van der Waals surface area contributed by atoms with Crippen molar-refractivity contribution in [1.29, 1.82) is 0 Å². The molecule has 0 radical (unpaired) electrons. The predicted molar refractivity (Wildman–Crippen MR) is 111 cm³/mol.